The van der Waals surface area contributed by atoms with Gasteiger partial charge < -0.3 is 10.6 Å². The minimum absolute atomic E-state index is 0.0744. The second-order valence-electron chi connectivity index (χ2n) is 5.91. The maximum Gasteiger partial charge on any atom is 0.261 e. The lowest BCUT2D eigenvalue weighted by molar-refractivity contribution is -0.116. The summed E-state index contributed by atoms with van der Waals surface area (Å²) in [6, 6.07) is 10.9. The Morgan fingerprint density at radius 3 is 2.36 bits per heavy atom. The van der Waals surface area contributed by atoms with Gasteiger partial charge in [-0.15, -0.1) is 0 Å². The molecule has 0 radical (unpaired) electrons. The van der Waals surface area contributed by atoms with Crippen molar-refractivity contribution in [3.8, 4) is 0 Å². The molecular weight excluding hydrogens is 400 g/mol. The van der Waals surface area contributed by atoms with Gasteiger partial charge in [-0.3, -0.25) is 14.3 Å². The molecule has 0 bridgehead atoms. The average molecular weight is 419 g/mol. The number of nitrogens with one attached hydrogen (secondary N) is 3. The standard InChI is InChI=1S/C18H18N4O4S2/c1-3-17(24)20-12-4-7-14(8-5-12)28(25,26)22-13-6-9-15-16(10-13)27-18(21-15)19-11(2)23/h4-10,22H,3H2,1-2H3,(H,20,24)(H,19,21,23). The van der Waals surface area contributed by atoms with Crippen LogP contribution in [0.4, 0.5) is 16.5 Å². The first-order valence-corrected chi connectivity index (χ1v) is 10.7. The number of carbonyl (C=O) groups excluding carboxylic acids is 2. The van der Waals surface area contributed by atoms with Gasteiger partial charge in [-0.1, -0.05) is 18.3 Å². The van der Waals surface area contributed by atoms with E-state index in [4.69, 9.17) is 0 Å². The molecule has 10 heteroatoms. The molecule has 146 valence electrons. The van der Waals surface area contributed by atoms with Crippen LogP contribution in [0.25, 0.3) is 10.2 Å². The van der Waals surface area contributed by atoms with Crippen molar-refractivity contribution < 1.29 is 18.0 Å². The molecule has 1 heterocycles. The van der Waals surface area contributed by atoms with Gasteiger partial charge in [0, 0.05) is 19.0 Å². The Hall–Kier alpha value is -2.98. The fraction of sp³-hybridized carbons (Fsp3) is 0.167. The highest BCUT2D eigenvalue weighted by molar-refractivity contribution is 7.92. The summed E-state index contributed by atoms with van der Waals surface area (Å²) in [5.41, 5.74) is 1.57. The molecule has 1 aromatic heterocycles. The topological polar surface area (TPSA) is 117 Å². The van der Waals surface area contributed by atoms with Gasteiger partial charge in [-0.2, -0.15) is 0 Å². The van der Waals surface area contributed by atoms with Gasteiger partial charge >= 0.3 is 0 Å². The molecule has 0 aliphatic carbocycles. The number of carbonyl (C=O) groups is 2. The van der Waals surface area contributed by atoms with Crippen molar-refractivity contribution in [3.63, 3.8) is 0 Å². The summed E-state index contributed by atoms with van der Waals surface area (Å²) < 4.78 is 28.5. The molecule has 0 aliphatic rings. The fourth-order valence-electron chi connectivity index (χ4n) is 2.37. The predicted molar refractivity (Wildman–Crippen MR) is 110 cm³/mol. The third-order valence-corrected chi connectivity index (χ3v) is 6.02. The van der Waals surface area contributed by atoms with Crippen LogP contribution in [0.15, 0.2) is 47.4 Å². The smallest absolute Gasteiger partial charge is 0.261 e. The number of hydrogen-bond donors (Lipinski definition) is 3. The SMILES string of the molecule is CCC(=O)Nc1ccc(S(=O)(=O)Nc2ccc3nc(NC(C)=O)sc3c2)cc1. The number of amides is 2. The van der Waals surface area contributed by atoms with Crippen LogP contribution in [-0.4, -0.2) is 25.2 Å². The molecule has 3 N–H and O–H groups in total. The van der Waals surface area contributed by atoms with Crippen LogP contribution in [0.5, 0.6) is 0 Å². The minimum Gasteiger partial charge on any atom is -0.326 e. The molecule has 0 unspecified atom stereocenters. The highest BCUT2D eigenvalue weighted by Crippen LogP contribution is 2.29. The van der Waals surface area contributed by atoms with Crippen LogP contribution in [0, 0.1) is 0 Å². The quantitative estimate of drug-likeness (QED) is 0.567. The second kappa shape index (κ2) is 7.95. The number of benzene rings is 2. The monoisotopic (exact) mass is 418 g/mol. The Kier molecular flexibility index (Phi) is 5.61. The van der Waals surface area contributed by atoms with E-state index in [1.165, 1.54) is 42.5 Å². The number of rotatable bonds is 6. The third-order valence-electron chi connectivity index (χ3n) is 3.69. The van der Waals surface area contributed by atoms with Gasteiger partial charge in [0.25, 0.3) is 10.0 Å². The first-order chi connectivity index (χ1) is 13.3. The molecule has 3 aromatic rings. The largest absolute Gasteiger partial charge is 0.326 e. The van der Waals surface area contributed by atoms with Gasteiger partial charge in [0.1, 0.15) is 0 Å². The van der Waals surface area contributed by atoms with Crippen molar-refractivity contribution in [1.82, 2.24) is 4.98 Å². The van der Waals surface area contributed by atoms with E-state index >= 15 is 0 Å². The number of nitrogens with zero attached hydrogens (tertiary/aromatic N) is 1. The normalized spacial score (nSPS) is 11.2. The summed E-state index contributed by atoms with van der Waals surface area (Å²) in [6.07, 6.45) is 0.339. The van der Waals surface area contributed by atoms with Crippen molar-refractivity contribution in [1.29, 1.82) is 0 Å². The van der Waals surface area contributed by atoms with Crippen molar-refractivity contribution in [2.24, 2.45) is 0 Å². The van der Waals surface area contributed by atoms with Gasteiger partial charge in [-0.25, -0.2) is 13.4 Å². The van der Waals surface area contributed by atoms with E-state index in [-0.39, 0.29) is 16.7 Å². The Morgan fingerprint density at radius 2 is 1.71 bits per heavy atom. The van der Waals surface area contributed by atoms with Crippen molar-refractivity contribution in [2.45, 2.75) is 25.2 Å². The van der Waals surface area contributed by atoms with Crippen LogP contribution in [0.2, 0.25) is 0 Å². The Bertz CT molecular complexity index is 1140. The van der Waals surface area contributed by atoms with Crippen molar-refractivity contribution in [3.05, 3.63) is 42.5 Å². The van der Waals surface area contributed by atoms with Gasteiger partial charge in [0.15, 0.2) is 5.13 Å². The summed E-state index contributed by atoms with van der Waals surface area (Å²) in [7, 11) is -3.79. The molecule has 8 nitrogen and oxygen atoms in total. The number of anilines is 3. The first-order valence-electron chi connectivity index (χ1n) is 8.38. The van der Waals surface area contributed by atoms with Crippen LogP contribution in [-0.2, 0) is 19.6 Å². The summed E-state index contributed by atoms with van der Waals surface area (Å²) in [6.45, 7) is 3.13. The molecule has 28 heavy (non-hydrogen) atoms. The zero-order chi connectivity index (χ0) is 20.3. The van der Waals surface area contributed by atoms with Crippen LogP contribution in [0.1, 0.15) is 20.3 Å². The van der Waals surface area contributed by atoms with E-state index in [0.717, 1.165) is 4.70 Å². The molecule has 0 spiro atoms. The Morgan fingerprint density at radius 1 is 1.04 bits per heavy atom. The Labute approximate surface area is 166 Å². The number of thiazole rings is 1. The molecule has 3 rings (SSSR count). The molecule has 2 amide bonds. The lowest BCUT2D eigenvalue weighted by Gasteiger charge is -2.09. The van der Waals surface area contributed by atoms with E-state index in [2.05, 4.69) is 20.3 Å². The van der Waals surface area contributed by atoms with Gasteiger partial charge in [0.2, 0.25) is 11.8 Å². The summed E-state index contributed by atoms with van der Waals surface area (Å²) in [5.74, 6) is -0.372. The van der Waals surface area contributed by atoms with Gasteiger partial charge in [0.05, 0.1) is 20.8 Å². The molecule has 0 aliphatic heterocycles. The second-order valence-corrected chi connectivity index (χ2v) is 8.63. The van der Waals surface area contributed by atoms with Crippen molar-refractivity contribution >= 4 is 59.9 Å². The lowest BCUT2D eigenvalue weighted by Crippen LogP contribution is -2.13. The molecule has 0 atom stereocenters. The van der Waals surface area contributed by atoms with Crippen molar-refractivity contribution in [2.75, 3.05) is 15.4 Å². The molecule has 0 saturated carbocycles. The maximum absolute atomic E-state index is 12.6. The van der Waals surface area contributed by atoms with E-state index in [1.54, 1.807) is 25.1 Å². The van der Waals surface area contributed by atoms with E-state index in [1.807, 2.05) is 0 Å². The Balaban J connectivity index is 1.79. The summed E-state index contributed by atoms with van der Waals surface area (Å²) in [4.78, 5) is 26.9. The van der Waals surface area contributed by atoms with E-state index in [9.17, 15) is 18.0 Å². The molecular formula is C18H18N4O4S2. The lowest BCUT2D eigenvalue weighted by atomic mass is 10.3. The summed E-state index contributed by atoms with van der Waals surface area (Å²) >= 11 is 1.25. The molecule has 0 fully saturated rings. The first kappa shape index (κ1) is 19.8. The highest BCUT2D eigenvalue weighted by atomic mass is 32.2. The van der Waals surface area contributed by atoms with Crippen LogP contribution in [0.3, 0.4) is 0 Å². The zero-order valence-corrected chi connectivity index (χ0v) is 16.8. The van der Waals surface area contributed by atoms with E-state index in [0.29, 0.717) is 28.4 Å². The van der Waals surface area contributed by atoms with Gasteiger partial charge in [-0.05, 0) is 42.5 Å². The number of sulfonamides is 1. The number of fused-ring (bicyclic) bond motifs is 1. The van der Waals surface area contributed by atoms with Crippen LogP contribution >= 0.6 is 11.3 Å². The molecule has 2 aromatic carbocycles. The predicted octanol–water partition coefficient (Wildman–Crippen LogP) is 3.40. The number of aromatic nitrogens is 1. The fourth-order valence-corrected chi connectivity index (χ4v) is 4.37. The van der Waals surface area contributed by atoms with Crippen LogP contribution < -0.4 is 15.4 Å². The molecule has 0 saturated heterocycles. The zero-order valence-electron chi connectivity index (χ0n) is 15.1. The minimum atomic E-state index is -3.79. The number of hydrogen-bond acceptors (Lipinski definition) is 6. The average Bonchev–Trinajstić information content (AvgIpc) is 3.02. The third kappa shape index (κ3) is 4.65. The summed E-state index contributed by atoms with van der Waals surface area (Å²) in [5, 5.41) is 5.73. The van der Waals surface area contributed by atoms with E-state index < -0.39 is 10.0 Å². The maximum atomic E-state index is 12.6. The highest BCUT2D eigenvalue weighted by Gasteiger charge is 2.15.